The minimum Gasteiger partial charge on any atom is -0.379 e. The quantitative estimate of drug-likeness (QED) is 0.789. The van der Waals surface area contributed by atoms with Crippen LogP contribution < -0.4 is 5.32 Å². The number of nitrogens with zero attached hydrogens (tertiary/aromatic N) is 1. The van der Waals surface area contributed by atoms with Crippen LogP contribution in [0.15, 0.2) is 0 Å². The van der Waals surface area contributed by atoms with Crippen molar-refractivity contribution in [2.24, 2.45) is 5.92 Å². The molecule has 0 spiro atoms. The van der Waals surface area contributed by atoms with Crippen LogP contribution in [-0.4, -0.2) is 49.3 Å². The van der Waals surface area contributed by atoms with Gasteiger partial charge in [-0.15, -0.1) is 0 Å². The predicted octanol–water partition coefficient (Wildman–Crippen LogP) is 1.49. The fraction of sp³-hybridized carbons (Fsp3) is 1.00. The summed E-state index contributed by atoms with van der Waals surface area (Å²) in [6, 6.07) is 0.818. The molecule has 3 heteroatoms. The molecule has 2 rings (SSSR count). The number of hydrogen-bond acceptors (Lipinski definition) is 3. The average molecular weight is 226 g/mol. The molecule has 2 atom stereocenters. The minimum atomic E-state index is 0.255. The third kappa shape index (κ3) is 3.19. The van der Waals surface area contributed by atoms with E-state index in [1.54, 1.807) is 0 Å². The Morgan fingerprint density at radius 1 is 1.19 bits per heavy atom. The summed E-state index contributed by atoms with van der Waals surface area (Å²) < 4.78 is 5.41. The van der Waals surface area contributed by atoms with Crippen LogP contribution in [0.4, 0.5) is 0 Å². The highest BCUT2D eigenvalue weighted by Gasteiger charge is 2.36. The second-order valence-corrected chi connectivity index (χ2v) is 6.18. The van der Waals surface area contributed by atoms with Gasteiger partial charge in [0.2, 0.25) is 0 Å². The molecule has 1 N–H and O–H groups in total. The molecule has 1 aliphatic heterocycles. The zero-order valence-electron chi connectivity index (χ0n) is 11.0. The van der Waals surface area contributed by atoms with Gasteiger partial charge in [-0.05, 0) is 46.1 Å². The summed E-state index contributed by atoms with van der Waals surface area (Å²) in [7, 11) is 0. The van der Waals surface area contributed by atoms with Crippen molar-refractivity contribution in [3.63, 3.8) is 0 Å². The first-order valence-corrected chi connectivity index (χ1v) is 6.63. The molecule has 3 nitrogen and oxygen atoms in total. The second-order valence-electron chi connectivity index (χ2n) is 6.18. The Morgan fingerprint density at radius 3 is 2.38 bits per heavy atom. The van der Waals surface area contributed by atoms with Crippen LogP contribution in [0.2, 0.25) is 0 Å². The van der Waals surface area contributed by atoms with E-state index in [2.05, 4.69) is 31.0 Å². The minimum absolute atomic E-state index is 0.255. The van der Waals surface area contributed by atoms with Crippen LogP contribution >= 0.6 is 0 Å². The highest BCUT2D eigenvalue weighted by atomic mass is 16.5. The molecule has 1 aliphatic carbocycles. The molecule has 0 radical (unpaired) electrons. The largest absolute Gasteiger partial charge is 0.379 e. The molecule has 1 heterocycles. The van der Waals surface area contributed by atoms with Crippen molar-refractivity contribution in [2.75, 3.05) is 32.8 Å². The maximum Gasteiger partial charge on any atom is 0.0594 e. The molecular formula is C13H26N2O. The smallest absolute Gasteiger partial charge is 0.0594 e. The monoisotopic (exact) mass is 226 g/mol. The Morgan fingerprint density at radius 2 is 1.88 bits per heavy atom. The van der Waals surface area contributed by atoms with Gasteiger partial charge in [-0.3, -0.25) is 4.90 Å². The molecule has 0 bridgehead atoms. The number of nitrogens with one attached hydrogen (secondary N) is 1. The van der Waals surface area contributed by atoms with Crippen LogP contribution in [0.5, 0.6) is 0 Å². The summed E-state index contributed by atoms with van der Waals surface area (Å²) in [5.74, 6) is 0.859. The molecule has 2 unspecified atom stereocenters. The first-order chi connectivity index (χ1) is 7.56. The zero-order valence-corrected chi connectivity index (χ0v) is 11.0. The van der Waals surface area contributed by atoms with Crippen LogP contribution in [0, 0.1) is 5.92 Å². The first-order valence-electron chi connectivity index (χ1n) is 6.63. The van der Waals surface area contributed by atoms with E-state index in [0.717, 1.165) is 38.3 Å². The number of hydrogen-bond donors (Lipinski definition) is 1. The molecule has 0 aromatic rings. The van der Waals surface area contributed by atoms with Crippen molar-refractivity contribution >= 4 is 0 Å². The molecule has 2 aliphatic rings. The Labute approximate surface area is 99.5 Å². The normalized spacial score (nSPS) is 32.4. The summed E-state index contributed by atoms with van der Waals surface area (Å²) in [5.41, 5.74) is 0.255. The molecular weight excluding hydrogens is 200 g/mol. The third-order valence-electron chi connectivity index (χ3n) is 3.79. The van der Waals surface area contributed by atoms with Gasteiger partial charge >= 0.3 is 0 Å². The zero-order chi connectivity index (χ0) is 11.6. The van der Waals surface area contributed by atoms with E-state index in [1.807, 2.05) is 0 Å². The van der Waals surface area contributed by atoms with E-state index in [0.29, 0.717) is 0 Å². The molecule has 1 saturated carbocycles. The lowest BCUT2D eigenvalue weighted by atomic mass is 9.78. The van der Waals surface area contributed by atoms with Crippen LogP contribution in [0.1, 0.15) is 33.6 Å². The maximum atomic E-state index is 5.41. The topological polar surface area (TPSA) is 24.5 Å². The fourth-order valence-corrected chi connectivity index (χ4v) is 2.62. The molecule has 0 aromatic heterocycles. The van der Waals surface area contributed by atoms with E-state index in [1.165, 1.54) is 19.4 Å². The fourth-order valence-electron chi connectivity index (χ4n) is 2.62. The first kappa shape index (κ1) is 12.3. The maximum absolute atomic E-state index is 5.41. The molecule has 0 amide bonds. The Balaban J connectivity index is 1.74. The van der Waals surface area contributed by atoms with Gasteiger partial charge in [-0.2, -0.15) is 0 Å². The standard InChI is InChI=1S/C13H26N2O/c1-13(2,3)14-10-11-4-5-12(11)15-6-8-16-9-7-15/h11-12,14H,4-10H2,1-3H3. The van der Waals surface area contributed by atoms with Gasteiger partial charge in [0, 0.05) is 24.7 Å². The molecule has 1 saturated heterocycles. The highest BCUT2D eigenvalue weighted by Crippen LogP contribution is 2.32. The Kier molecular flexibility index (Phi) is 3.88. The highest BCUT2D eigenvalue weighted by molar-refractivity contribution is 4.91. The molecule has 94 valence electrons. The summed E-state index contributed by atoms with van der Waals surface area (Å²) in [6.07, 6.45) is 2.78. The third-order valence-corrected chi connectivity index (χ3v) is 3.79. The van der Waals surface area contributed by atoms with Gasteiger partial charge in [0.15, 0.2) is 0 Å². The van der Waals surface area contributed by atoms with Crippen molar-refractivity contribution in [1.29, 1.82) is 0 Å². The van der Waals surface area contributed by atoms with Gasteiger partial charge in [0.05, 0.1) is 13.2 Å². The van der Waals surface area contributed by atoms with Gasteiger partial charge in [-0.1, -0.05) is 0 Å². The summed E-state index contributed by atoms with van der Waals surface area (Å²) in [4.78, 5) is 2.63. The lowest BCUT2D eigenvalue weighted by Gasteiger charge is -2.46. The van der Waals surface area contributed by atoms with Gasteiger partial charge in [0.25, 0.3) is 0 Å². The molecule has 2 fully saturated rings. The SMILES string of the molecule is CC(C)(C)NCC1CCC1N1CCOCC1. The van der Waals surface area contributed by atoms with Crippen molar-refractivity contribution in [3.05, 3.63) is 0 Å². The summed E-state index contributed by atoms with van der Waals surface area (Å²) in [5, 5.41) is 3.63. The summed E-state index contributed by atoms with van der Waals surface area (Å²) in [6.45, 7) is 12.0. The van der Waals surface area contributed by atoms with Crippen LogP contribution in [0.3, 0.4) is 0 Å². The van der Waals surface area contributed by atoms with E-state index >= 15 is 0 Å². The van der Waals surface area contributed by atoms with E-state index in [-0.39, 0.29) is 5.54 Å². The van der Waals surface area contributed by atoms with Gasteiger partial charge in [0.1, 0.15) is 0 Å². The lowest BCUT2D eigenvalue weighted by molar-refractivity contribution is -0.0260. The van der Waals surface area contributed by atoms with Crippen molar-refractivity contribution < 1.29 is 4.74 Å². The van der Waals surface area contributed by atoms with Gasteiger partial charge in [-0.25, -0.2) is 0 Å². The van der Waals surface area contributed by atoms with Crippen molar-refractivity contribution in [3.8, 4) is 0 Å². The Hall–Kier alpha value is -0.120. The molecule has 16 heavy (non-hydrogen) atoms. The second kappa shape index (κ2) is 5.03. The number of rotatable bonds is 3. The van der Waals surface area contributed by atoms with E-state index < -0.39 is 0 Å². The van der Waals surface area contributed by atoms with Crippen molar-refractivity contribution in [2.45, 2.75) is 45.2 Å². The number of ether oxygens (including phenoxy) is 1. The Bertz CT molecular complexity index is 218. The van der Waals surface area contributed by atoms with Gasteiger partial charge < -0.3 is 10.1 Å². The van der Waals surface area contributed by atoms with Crippen LogP contribution in [-0.2, 0) is 4.74 Å². The van der Waals surface area contributed by atoms with Crippen LogP contribution in [0.25, 0.3) is 0 Å². The predicted molar refractivity (Wildman–Crippen MR) is 66.7 cm³/mol. The van der Waals surface area contributed by atoms with E-state index in [4.69, 9.17) is 4.74 Å². The lowest BCUT2D eigenvalue weighted by Crippen LogP contribution is -2.55. The number of morpholine rings is 1. The summed E-state index contributed by atoms with van der Waals surface area (Å²) >= 11 is 0. The average Bonchev–Trinajstić information content (AvgIpc) is 2.16. The molecule has 0 aromatic carbocycles. The van der Waals surface area contributed by atoms with E-state index in [9.17, 15) is 0 Å². The van der Waals surface area contributed by atoms with Crippen molar-refractivity contribution in [1.82, 2.24) is 10.2 Å².